The highest BCUT2D eigenvalue weighted by Crippen LogP contribution is 2.23. The quantitative estimate of drug-likeness (QED) is 0.841. The molecule has 0 aliphatic rings. The van der Waals surface area contributed by atoms with E-state index in [1.807, 2.05) is 12.4 Å². The minimum atomic E-state index is 0.426. The Balaban J connectivity index is 2.26. The Labute approximate surface area is 128 Å². The number of rotatable bonds is 7. The van der Waals surface area contributed by atoms with Gasteiger partial charge < -0.3 is 10.2 Å². The van der Waals surface area contributed by atoms with E-state index in [1.165, 1.54) is 16.8 Å². The number of nitrogens with one attached hydrogen (secondary N) is 1. The maximum absolute atomic E-state index is 4.33. The van der Waals surface area contributed by atoms with Crippen LogP contribution < -0.4 is 10.2 Å². The summed E-state index contributed by atoms with van der Waals surface area (Å²) in [6.45, 7) is 9.35. The van der Waals surface area contributed by atoms with Crippen molar-refractivity contribution in [1.29, 1.82) is 0 Å². The summed E-state index contributed by atoms with van der Waals surface area (Å²) in [6.07, 6.45) is 3.85. The van der Waals surface area contributed by atoms with Gasteiger partial charge in [0.05, 0.1) is 11.9 Å². The smallest absolute Gasteiger partial charge is 0.0603 e. The third-order valence-electron chi connectivity index (χ3n) is 3.58. The van der Waals surface area contributed by atoms with E-state index < -0.39 is 0 Å². The van der Waals surface area contributed by atoms with Crippen molar-refractivity contribution in [2.75, 3.05) is 11.4 Å². The zero-order valence-electron chi connectivity index (χ0n) is 13.2. The summed E-state index contributed by atoms with van der Waals surface area (Å²) < 4.78 is 0. The molecule has 0 aliphatic heterocycles. The molecule has 3 heteroatoms. The summed E-state index contributed by atoms with van der Waals surface area (Å²) in [7, 11) is 0. The number of hydrogen-bond donors (Lipinski definition) is 1. The maximum Gasteiger partial charge on any atom is 0.0603 e. The van der Waals surface area contributed by atoms with Gasteiger partial charge in [-0.2, -0.15) is 0 Å². The van der Waals surface area contributed by atoms with Gasteiger partial charge in [0.2, 0.25) is 0 Å². The van der Waals surface area contributed by atoms with Crippen molar-refractivity contribution >= 4 is 5.69 Å². The Hall–Kier alpha value is -1.87. The molecular weight excluding hydrogens is 258 g/mol. The minimum Gasteiger partial charge on any atom is -0.363 e. The van der Waals surface area contributed by atoms with Crippen LogP contribution in [0.25, 0.3) is 0 Å². The van der Waals surface area contributed by atoms with Gasteiger partial charge in [0.25, 0.3) is 0 Å². The largest absolute Gasteiger partial charge is 0.363 e. The van der Waals surface area contributed by atoms with Crippen molar-refractivity contribution in [3.05, 3.63) is 59.9 Å². The van der Waals surface area contributed by atoms with Gasteiger partial charge >= 0.3 is 0 Å². The molecule has 1 heterocycles. The third-order valence-corrected chi connectivity index (χ3v) is 3.58. The second kappa shape index (κ2) is 7.79. The van der Waals surface area contributed by atoms with E-state index in [0.717, 1.165) is 19.6 Å². The van der Waals surface area contributed by atoms with E-state index in [1.54, 1.807) is 0 Å². The average Bonchev–Trinajstić information content (AvgIpc) is 2.52. The molecule has 0 aliphatic carbocycles. The molecule has 21 heavy (non-hydrogen) atoms. The SMILES string of the molecule is CCNCc1ccncc1N(Cc1ccccc1)C(C)C. The average molecular weight is 283 g/mol. The molecule has 1 aromatic heterocycles. The highest BCUT2D eigenvalue weighted by Gasteiger charge is 2.15. The molecule has 0 fully saturated rings. The first-order valence-corrected chi connectivity index (χ1v) is 7.66. The van der Waals surface area contributed by atoms with E-state index in [-0.39, 0.29) is 0 Å². The van der Waals surface area contributed by atoms with Crippen molar-refractivity contribution in [1.82, 2.24) is 10.3 Å². The van der Waals surface area contributed by atoms with Crippen LogP contribution in [0.4, 0.5) is 5.69 Å². The van der Waals surface area contributed by atoms with Gasteiger partial charge in [-0.15, -0.1) is 0 Å². The topological polar surface area (TPSA) is 28.2 Å². The van der Waals surface area contributed by atoms with E-state index in [0.29, 0.717) is 6.04 Å². The number of pyridine rings is 1. The lowest BCUT2D eigenvalue weighted by atomic mass is 10.1. The second-order valence-electron chi connectivity index (χ2n) is 5.49. The molecule has 2 rings (SSSR count). The number of anilines is 1. The van der Waals surface area contributed by atoms with Crippen molar-refractivity contribution in [3.8, 4) is 0 Å². The zero-order chi connectivity index (χ0) is 15.1. The van der Waals surface area contributed by atoms with Gasteiger partial charge in [0.1, 0.15) is 0 Å². The van der Waals surface area contributed by atoms with Crippen molar-refractivity contribution in [2.24, 2.45) is 0 Å². The molecule has 0 unspecified atom stereocenters. The van der Waals surface area contributed by atoms with Gasteiger partial charge in [0.15, 0.2) is 0 Å². The standard InChI is InChI=1S/C18H25N3/c1-4-19-12-17-10-11-20-13-18(17)21(15(2)3)14-16-8-6-5-7-9-16/h5-11,13,15,19H,4,12,14H2,1-3H3. The van der Waals surface area contributed by atoms with Gasteiger partial charge in [-0.05, 0) is 37.6 Å². The monoisotopic (exact) mass is 283 g/mol. The summed E-state index contributed by atoms with van der Waals surface area (Å²) in [5.74, 6) is 0. The van der Waals surface area contributed by atoms with Crippen molar-refractivity contribution in [3.63, 3.8) is 0 Å². The molecule has 0 atom stereocenters. The molecule has 1 N–H and O–H groups in total. The Morgan fingerprint density at radius 2 is 1.90 bits per heavy atom. The third kappa shape index (κ3) is 4.30. The first kappa shape index (κ1) is 15.5. The Bertz CT molecular complexity index is 537. The highest BCUT2D eigenvalue weighted by molar-refractivity contribution is 5.52. The highest BCUT2D eigenvalue weighted by atomic mass is 15.2. The fourth-order valence-corrected chi connectivity index (χ4v) is 2.41. The molecule has 0 amide bonds. The van der Waals surface area contributed by atoms with E-state index in [4.69, 9.17) is 0 Å². The molecule has 0 bridgehead atoms. The van der Waals surface area contributed by atoms with Crippen LogP contribution in [0.2, 0.25) is 0 Å². The normalized spacial score (nSPS) is 10.9. The summed E-state index contributed by atoms with van der Waals surface area (Å²) in [5, 5.41) is 3.41. The van der Waals surface area contributed by atoms with Crippen LogP contribution in [0.1, 0.15) is 31.9 Å². The predicted molar refractivity (Wildman–Crippen MR) is 89.4 cm³/mol. The summed E-state index contributed by atoms with van der Waals surface area (Å²) in [5.41, 5.74) is 3.85. The molecule has 0 radical (unpaired) electrons. The number of benzene rings is 1. The first-order chi connectivity index (χ1) is 10.2. The number of aromatic nitrogens is 1. The molecule has 2 aromatic rings. The Morgan fingerprint density at radius 3 is 2.57 bits per heavy atom. The lowest BCUT2D eigenvalue weighted by Crippen LogP contribution is -2.31. The molecule has 0 spiro atoms. The predicted octanol–water partition coefficient (Wildman–Crippen LogP) is 3.61. The molecule has 112 valence electrons. The van der Waals surface area contributed by atoms with Crippen LogP contribution in [0.5, 0.6) is 0 Å². The van der Waals surface area contributed by atoms with Gasteiger partial charge in [-0.3, -0.25) is 4.98 Å². The Morgan fingerprint density at radius 1 is 1.14 bits per heavy atom. The fraction of sp³-hybridized carbons (Fsp3) is 0.389. The molecule has 0 saturated heterocycles. The lowest BCUT2D eigenvalue weighted by Gasteiger charge is -2.30. The Kier molecular flexibility index (Phi) is 5.76. The van der Waals surface area contributed by atoms with Crippen LogP contribution in [0.15, 0.2) is 48.8 Å². The van der Waals surface area contributed by atoms with Crippen LogP contribution in [0.3, 0.4) is 0 Å². The molecule has 0 saturated carbocycles. The van der Waals surface area contributed by atoms with Crippen LogP contribution in [-0.4, -0.2) is 17.6 Å². The fourth-order valence-electron chi connectivity index (χ4n) is 2.41. The zero-order valence-corrected chi connectivity index (χ0v) is 13.2. The summed E-state index contributed by atoms with van der Waals surface area (Å²) >= 11 is 0. The summed E-state index contributed by atoms with van der Waals surface area (Å²) in [4.78, 5) is 6.74. The van der Waals surface area contributed by atoms with E-state index >= 15 is 0 Å². The molecular formula is C18H25N3. The summed E-state index contributed by atoms with van der Waals surface area (Å²) in [6, 6.07) is 13.1. The van der Waals surface area contributed by atoms with E-state index in [9.17, 15) is 0 Å². The van der Waals surface area contributed by atoms with Crippen molar-refractivity contribution < 1.29 is 0 Å². The van der Waals surface area contributed by atoms with Gasteiger partial charge in [-0.25, -0.2) is 0 Å². The van der Waals surface area contributed by atoms with Crippen LogP contribution in [-0.2, 0) is 13.1 Å². The second-order valence-corrected chi connectivity index (χ2v) is 5.49. The lowest BCUT2D eigenvalue weighted by molar-refractivity contribution is 0.665. The number of hydrogen-bond acceptors (Lipinski definition) is 3. The minimum absolute atomic E-state index is 0.426. The van der Waals surface area contributed by atoms with Crippen LogP contribution >= 0.6 is 0 Å². The van der Waals surface area contributed by atoms with E-state index in [2.05, 4.69) is 72.4 Å². The number of nitrogens with zero attached hydrogens (tertiary/aromatic N) is 2. The molecule has 3 nitrogen and oxygen atoms in total. The molecule has 1 aromatic carbocycles. The maximum atomic E-state index is 4.33. The van der Waals surface area contributed by atoms with Gasteiger partial charge in [-0.1, -0.05) is 37.3 Å². The van der Waals surface area contributed by atoms with Crippen LogP contribution in [0, 0.1) is 0 Å². The van der Waals surface area contributed by atoms with Crippen molar-refractivity contribution in [2.45, 2.75) is 39.9 Å². The van der Waals surface area contributed by atoms with Gasteiger partial charge in [0, 0.05) is 25.3 Å². The first-order valence-electron chi connectivity index (χ1n) is 7.66.